The molecule has 0 aliphatic heterocycles. The summed E-state index contributed by atoms with van der Waals surface area (Å²) in [6.45, 7) is 3.75. The van der Waals surface area contributed by atoms with Crippen molar-refractivity contribution in [3.8, 4) is 0 Å². The van der Waals surface area contributed by atoms with Gasteiger partial charge >= 0.3 is 11.9 Å². The predicted octanol–water partition coefficient (Wildman–Crippen LogP) is -0.553. The molecule has 0 radical (unpaired) electrons. The molecule has 4 atom stereocenters. The van der Waals surface area contributed by atoms with E-state index in [9.17, 15) is 29.1 Å². The Morgan fingerprint density at radius 1 is 0.906 bits per heavy atom. The van der Waals surface area contributed by atoms with E-state index in [1.54, 1.807) is 6.26 Å². The quantitative estimate of drug-likeness (QED) is 0.138. The first kappa shape index (κ1) is 30.0. The third-order valence-corrected chi connectivity index (χ3v) is 5.39. The average molecular weight is 495 g/mol. The van der Waals surface area contributed by atoms with Crippen molar-refractivity contribution in [2.45, 2.75) is 63.7 Å². The standard InChI is InChI=1S/C19H34N4O7S2/c1-10(2)8-11(20)16(26)21-12(4-5-15(24)25)17(27)23-14(9-31)18(28)22-13(19(29)30)6-7-32-3/h10-14,31H,4-9,20H2,1-3H3,(H,21,26)(H,22,28)(H,23,27)(H,24,25)(H,29,30). The molecular formula is C19H34N4O7S2. The van der Waals surface area contributed by atoms with E-state index in [-0.39, 0.29) is 24.5 Å². The highest BCUT2D eigenvalue weighted by molar-refractivity contribution is 7.98. The van der Waals surface area contributed by atoms with Gasteiger partial charge in [0, 0.05) is 12.2 Å². The fraction of sp³-hybridized carbons (Fsp3) is 0.737. The maximum atomic E-state index is 12.7. The number of nitrogens with two attached hydrogens (primary N) is 1. The minimum atomic E-state index is -1.24. The fourth-order valence-corrected chi connectivity index (χ4v) is 3.39. The van der Waals surface area contributed by atoms with Crippen molar-refractivity contribution < 1.29 is 34.2 Å². The third-order valence-electron chi connectivity index (χ3n) is 4.38. The zero-order chi connectivity index (χ0) is 24.8. The topological polar surface area (TPSA) is 188 Å². The summed E-state index contributed by atoms with van der Waals surface area (Å²) in [4.78, 5) is 59.8. The van der Waals surface area contributed by atoms with E-state index in [2.05, 4.69) is 28.6 Å². The Morgan fingerprint density at radius 2 is 1.44 bits per heavy atom. The number of hydrogen-bond donors (Lipinski definition) is 7. The Labute approximate surface area is 197 Å². The van der Waals surface area contributed by atoms with Crippen molar-refractivity contribution >= 4 is 54.1 Å². The van der Waals surface area contributed by atoms with Crippen LogP contribution in [0.25, 0.3) is 0 Å². The molecule has 13 heteroatoms. The van der Waals surface area contributed by atoms with Gasteiger partial charge in [0.15, 0.2) is 0 Å². The predicted molar refractivity (Wildman–Crippen MR) is 125 cm³/mol. The molecule has 0 saturated carbocycles. The summed E-state index contributed by atoms with van der Waals surface area (Å²) in [6, 6.07) is -4.44. The van der Waals surface area contributed by atoms with Gasteiger partial charge in [-0.3, -0.25) is 19.2 Å². The van der Waals surface area contributed by atoms with Crippen LogP contribution in [0.5, 0.6) is 0 Å². The van der Waals surface area contributed by atoms with Crippen LogP contribution in [-0.2, 0) is 24.0 Å². The minimum Gasteiger partial charge on any atom is -0.481 e. The summed E-state index contributed by atoms with van der Waals surface area (Å²) in [5, 5.41) is 25.4. The number of aliphatic carboxylic acids is 2. The summed E-state index contributed by atoms with van der Waals surface area (Å²) in [5.41, 5.74) is 5.83. The molecule has 0 aromatic rings. The number of rotatable bonds is 16. The van der Waals surface area contributed by atoms with Gasteiger partial charge in [-0.15, -0.1) is 0 Å². The van der Waals surface area contributed by atoms with Crippen LogP contribution in [0.4, 0.5) is 0 Å². The first-order valence-corrected chi connectivity index (χ1v) is 12.2. The molecule has 0 fully saturated rings. The molecule has 0 rings (SSSR count). The molecule has 7 N–H and O–H groups in total. The lowest BCUT2D eigenvalue weighted by atomic mass is 10.0. The van der Waals surface area contributed by atoms with E-state index in [4.69, 9.17) is 10.8 Å². The first-order valence-electron chi connectivity index (χ1n) is 10.1. The molecule has 184 valence electrons. The second-order valence-corrected chi connectivity index (χ2v) is 9.01. The number of thioether (sulfide) groups is 1. The van der Waals surface area contributed by atoms with Crippen LogP contribution in [0.3, 0.4) is 0 Å². The van der Waals surface area contributed by atoms with Crippen molar-refractivity contribution in [2.75, 3.05) is 17.8 Å². The highest BCUT2D eigenvalue weighted by Crippen LogP contribution is 2.06. The van der Waals surface area contributed by atoms with E-state index in [0.717, 1.165) is 0 Å². The zero-order valence-electron chi connectivity index (χ0n) is 18.5. The number of carboxylic acid groups (broad SMARTS) is 2. The Kier molecular flexibility index (Phi) is 14.8. The van der Waals surface area contributed by atoms with Crippen LogP contribution < -0.4 is 21.7 Å². The number of nitrogens with one attached hydrogen (secondary N) is 3. The first-order chi connectivity index (χ1) is 14.9. The number of carboxylic acids is 2. The summed E-state index contributed by atoms with van der Waals surface area (Å²) < 4.78 is 0. The van der Waals surface area contributed by atoms with Crippen molar-refractivity contribution in [3.05, 3.63) is 0 Å². The van der Waals surface area contributed by atoms with Crippen molar-refractivity contribution in [1.82, 2.24) is 16.0 Å². The monoisotopic (exact) mass is 494 g/mol. The highest BCUT2D eigenvalue weighted by Gasteiger charge is 2.30. The maximum Gasteiger partial charge on any atom is 0.326 e. The molecule has 0 saturated heterocycles. The van der Waals surface area contributed by atoms with Crippen LogP contribution in [0, 0.1) is 5.92 Å². The lowest BCUT2D eigenvalue weighted by Gasteiger charge is -2.24. The Bertz CT molecular complexity index is 664. The lowest BCUT2D eigenvalue weighted by molar-refractivity contribution is -0.142. The average Bonchev–Trinajstić information content (AvgIpc) is 2.70. The van der Waals surface area contributed by atoms with Crippen LogP contribution in [-0.4, -0.2) is 81.8 Å². The van der Waals surface area contributed by atoms with E-state index in [1.807, 2.05) is 13.8 Å². The van der Waals surface area contributed by atoms with Gasteiger partial charge < -0.3 is 31.9 Å². The second-order valence-electron chi connectivity index (χ2n) is 7.65. The minimum absolute atomic E-state index is 0.132. The van der Waals surface area contributed by atoms with Crippen molar-refractivity contribution in [3.63, 3.8) is 0 Å². The summed E-state index contributed by atoms with van der Waals surface area (Å²) in [5.74, 6) is -4.02. The number of carbonyl (C=O) groups excluding carboxylic acids is 3. The Hall–Kier alpha value is -1.99. The molecule has 0 aromatic carbocycles. The second kappa shape index (κ2) is 15.8. The van der Waals surface area contributed by atoms with Crippen molar-refractivity contribution in [2.24, 2.45) is 11.7 Å². The largest absolute Gasteiger partial charge is 0.481 e. The number of thiol groups is 1. The van der Waals surface area contributed by atoms with Gasteiger partial charge in [-0.25, -0.2) is 4.79 Å². The molecule has 0 aliphatic carbocycles. The highest BCUT2D eigenvalue weighted by atomic mass is 32.2. The molecular weight excluding hydrogens is 460 g/mol. The van der Waals surface area contributed by atoms with Gasteiger partial charge in [0.2, 0.25) is 17.7 Å². The molecule has 11 nitrogen and oxygen atoms in total. The molecule has 0 heterocycles. The molecule has 0 bridgehead atoms. The van der Waals surface area contributed by atoms with Crippen LogP contribution >= 0.6 is 24.4 Å². The molecule has 0 aliphatic rings. The van der Waals surface area contributed by atoms with Gasteiger partial charge in [0.1, 0.15) is 18.1 Å². The van der Waals surface area contributed by atoms with Gasteiger partial charge in [-0.05, 0) is 37.2 Å². The van der Waals surface area contributed by atoms with Crippen LogP contribution in [0.2, 0.25) is 0 Å². The summed E-state index contributed by atoms with van der Waals surface area (Å²) >= 11 is 5.46. The van der Waals surface area contributed by atoms with Gasteiger partial charge in [0.25, 0.3) is 0 Å². The van der Waals surface area contributed by atoms with Crippen molar-refractivity contribution in [1.29, 1.82) is 0 Å². The molecule has 0 aromatic heterocycles. The molecule has 0 spiro atoms. The summed E-state index contributed by atoms with van der Waals surface area (Å²) in [6.07, 6.45) is 1.75. The van der Waals surface area contributed by atoms with E-state index in [0.29, 0.717) is 12.2 Å². The van der Waals surface area contributed by atoms with E-state index < -0.39 is 60.2 Å². The molecule has 3 amide bonds. The van der Waals surface area contributed by atoms with Gasteiger partial charge in [-0.1, -0.05) is 13.8 Å². The van der Waals surface area contributed by atoms with Crippen LogP contribution in [0.15, 0.2) is 0 Å². The SMILES string of the molecule is CSCCC(NC(=O)C(CS)NC(=O)C(CCC(=O)O)NC(=O)C(N)CC(C)C)C(=O)O. The Balaban J connectivity index is 5.25. The van der Waals surface area contributed by atoms with Gasteiger partial charge in [0.05, 0.1) is 6.04 Å². The normalized spacial score (nSPS) is 14.7. The molecule has 32 heavy (non-hydrogen) atoms. The number of carbonyl (C=O) groups is 5. The van der Waals surface area contributed by atoms with E-state index in [1.165, 1.54) is 11.8 Å². The fourth-order valence-electron chi connectivity index (χ4n) is 2.66. The molecule has 4 unspecified atom stereocenters. The third kappa shape index (κ3) is 12.2. The lowest BCUT2D eigenvalue weighted by Crippen LogP contribution is -2.57. The number of hydrogen-bond acceptors (Lipinski definition) is 8. The summed E-state index contributed by atoms with van der Waals surface area (Å²) in [7, 11) is 0. The number of amides is 3. The van der Waals surface area contributed by atoms with E-state index >= 15 is 0 Å². The smallest absolute Gasteiger partial charge is 0.326 e. The van der Waals surface area contributed by atoms with Gasteiger partial charge in [-0.2, -0.15) is 24.4 Å². The Morgan fingerprint density at radius 3 is 1.91 bits per heavy atom. The maximum absolute atomic E-state index is 12.7. The van der Waals surface area contributed by atoms with Crippen LogP contribution in [0.1, 0.15) is 39.5 Å². The zero-order valence-corrected chi connectivity index (χ0v) is 20.2.